The Morgan fingerprint density at radius 2 is 1.47 bits per heavy atom. The first kappa shape index (κ1) is 25.1. The molecule has 0 aliphatic heterocycles. The lowest BCUT2D eigenvalue weighted by Gasteiger charge is -2.35. The van der Waals surface area contributed by atoms with Gasteiger partial charge in [0.25, 0.3) is 0 Å². The Kier molecular flexibility index (Phi) is 6.38. The first-order valence-corrected chi connectivity index (χ1v) is 10.00. The van der Waals surface area contributed by atoms with Gasteiger partial charge in [0.05, 0.1) is 17.0 Å². The van der Waals surface area contributed by atoms with Gasteiger partial charge in [-0.05, 0) is 53.8 Å². The number of amides is 2. The van der Waals surface area contributed by atoms with Crippen molar-refractivity contribution < 1.29 is 35.9 Å². The molecule has 0 radical (unpaired) electrons. The van der Waals surface area contributed by atoms with Crippen molar-refractivity contribution in [3.8, 4) is 0 Å². The van der Waals surface area contributed by atoms with Gasteiger partial charge < -0.3 is 11.5 Å². The fourth-order valence-corrected chi connectivity index (χ4v) is 4.24. The highest BCUT2D eigenvalue weighted by Gasteiger charge is 2.47. The maximum atomic E-state index is 13.2. The van der Waals surface area contributed by atoms with Crippen LogP contribution < -0.4 is 11.5 Å². The Bertz CT molecular complexity index is 1160. The van der Waals surface area contributed by atoms with Crippen LogP contribution in [0.2, 0.25) is 0 Å². The zero-order valence-corrected chi connectivity index (χ0v) is 17.8. The molecule has 0 saturated heterocycles. The van der Waals surface area contributed by atoms with E-state index in [0.717, 1.165) is 0 Å². The first-order chi connectivity index (χ1) is 15.7. The molecule has 0 heterocycles. The van der Waals surface area contributed by atoms with E-state index in [2.05, 4.69) is 0 Å². The van der Waals surface area contributed by atoms with E-state index >= 15 is 0 Å². The molecule has 0 saturated carbocycles. The molecular formula is C24H20F6N2O2. The number of carbonyl (C=O) groups is 2. The van der Waals surface area contributed by atoms with Crippen molar-refractivity contribution >= 4 is 11.8 Å². The number of nitrogens with two attached hydrogens (primary N) is 2. The van der Waals surface area contributed by atoms with E-state index in [-0.39, 0.29) is 18.1 Å². The molecule has 34 heavy (non-hydrogen) atoms. The number of carbonyl (C=O) groups excluding carboxylic acids is 2. The summed E-state index contributed by atoms with van der Waals surface area (Å²) >= 11 is 0. The molecule has 2 aromatic carbocycles. The van der Waals surface area contributed by atoms with E-state index < -0.39 is 46.6 Å². The molecule has 0 spiro atoms. The third kappa shape index (κ3) is 4.71. The molecule has 2 amide bonds. The standard InChI is InChI=1S/C24H20F6N2O2/c1-13-8-14(9-15-10-16(23(25,26)27)12-17(11-15)24(28,29)30)5-6-18(13)22(21(32)34)7-3-2-4-19(22)20(31)33/h2-8,10-12,19H,9H2,1H3,(H2,31,33)(H2,32,34). The van der Waals surface area contributed by atoms with Gasteiger partial charge >= 0.3 is 12.4 Å². The summed E-state index contributed by atoms with van der Waals surface area (Å²) in [5.41, 5.74) is 7.80. The van der Waals surface area contributed by atoms with Crippen LogP contribution in [0, 0.1) is 12.8 Å². The van der Waals surface area contributed by atoms with Gasteiger partial charge in [0.1, 0.15) is 5.41 Å². The number of rotatable bonds is 5. The van der Waals surface area contributed by atoms with Crippen molar-refractivity contribution in [3.63, 3.8) is 0 Å². The molecule has 1 aliphatic rings. The molecule has 4 nitrogen and oxygen atoms in total. The van der Waals surface area contributed by atoms with Gasteiger partial charge in [0.15, 0.2) is 0 Å². The number of alkyl halides is 6. The Morgan fingerprint density at radius 1 is 0.882 bits per heavy atom. The van der Waals surface area contributed by atoms with Crippen LogP contribution in [0.25, 0.3) is 0 Å². The monoisotopic (exact) mass is 482 g/mol. The van der Waals surface area contributed by atoms with Crippen molar-refractivity contribution in [2.75, 3.05) is 0 Å². The second-order valence-corrected chi connectivity index (χ2v) is 8.10. The topological polar surface area (TPSA) is 86.2 Å². The van der Waals surface area contributed by atoms with Crippen LogP contribution in [0.3, 0.4) is 0 Å². The van der Waals surface area contributed by atoms with Gasteiger partial charge in [0.2, 0.25) is 11.8 Å². The zero-order chi connectivity index (χ0) is 25.5. The van der Waals surface area contributed by atoms with Crippen LogP contribution in [0.4, 0.5) is 26.3 Å². The SMILES string of the molecule is Cc1cc(Cc2cc(C(F)(F)F)cc(C(F)(F)F)c2)ccc1C1(C(N)=O)C=CC=CC1C(N)=O. The number of hydrogen-bond acceptors (Lipinski definition) is 2. The van der Waals surface area contributed by atoms with Crippen LogP contribution in [-0.4, -0.2) is 11.8 Å². The molecule has 0 fully saturated rings. The van der Waals surface area contributed by atoms with Gasteiger partial charge in [0, 0.05) is 0 Å². The fraction of sp³-hybridized carbons (Fsp3) is 0.250. The molecule has 0 aromatic heterocycles. The van der Waals surface area contributed by atoms with E-state index in [9.17, 15) is 35.9 Å². The lowest BCUT2D eigenvalue weighted by atomic mass is 9.66. The highest BCUT2D eigenvalue weighted by Crippen LogP contribution is 2.40. The number of benzene rings is 2. The van der Waals surface area contributed by atoms with Crippen LogP contribution in [0.15, 0.2) is 60.7 Å². The summed E-state index contributed by atoms with van der Waals surface area (Å²) < 4.78 is 78.9. The van der Waals surface area contributed by atoms with Crippen molar-refractivity contribution in [1.82, 2.24) is 0 Å². The Morgan fingerprint density at radius 3 is 1.94 bits per heavy atom. The highest BCUT2D eigenvalue weighted by atomic mass is 19.4. The molecule has 10 heteroatoms. The van der Waals surface area contributed by atoms with Crippen molar-refractivity contribution in [2.24, 2.45) is 17.4 Å². The van der Waals surface area contributed by atoms with Crippen LogP contribution in [0.5, 0.6) is 0 Å². The summed E-state index contributed by atoms with van der Waals surface area (Å²) in [6.45, 7) is 1.60. The Hall–Kier alpha value is -3.56. The average Bonchev–Trinajstić information content (AvgIpc) is 2.72. The zero-order valence-electron chi connectivity index (χ0n) is 17.8. The minimum absolute atomic E-state index is 0.0708. The van der Waals surface area contributed by atoms with Gasteiger partial charge in [-0.1, -0.05) is 42.5 Å². The summed E-state index contributed by atoms with van der Waals surface area (Å²) in [6, 6.07) is 5.87. The molecule has 1 aliphatic carbocycles. The quantitative estimate of drug-likeness (QED) is 0.612. The molecule has 0 bridgehead atoms. The fourth-order valence-electron chi connectivity index (χ4n) is 4.24. The Labute approximate surface area is 190 Å². The smallest absolute Gasteiger partial charge is 0.369 e. The number of aryl methyl sites for hydroxylation is 1. The predicted molar refractivity (Wildman–Crippen MR) is 112 cm³/mol. The molecule has 2 unspecified atom stereocenters. The summed E-state index contributed by atoms with van der Waals surface area (Å²) in [7, 11) is 0. The number of allylic oxidation sites excluding steroid dienone is 2. The van der Waals surface area contributed by atoms with E-state index in [1.807, 2.05) is 0 Å². The molecule has 3 rings (SSSR count). The average molecular weight is 482 g/mol. The normalized spacial score (nSPS) is 20.4. The minimum Gasteiger partial charge on any atom is -0.369 e. The van der Waals surface area contributed by atoms with Gasteiger partial charge in [-0.3, -0.25) is 9.59 Å². The predicted octanol–water partition coefficient (Wildman–Crippen LogP) is 4.57. The molecule has 4 N–H and O–H groups in total. The molecular weight excluding hydrogens is 462 g/mol. The highest BCUT2D eigenvalue weighted by molar-refractivity contribution is 5.97. The van der Waals surface area contributed by atoms with Crippen LogP contribution >= 0.6 is 0 Å². The number of primary amides is 2. The van der Waals surface area contributed by atoms with E-state index in [4.69, 9.17) is 11.5 Å². The van der Waals surface area contributed by atoms with Crippen molar-refractivity contribution in [1.29, 1.82) is 0 Å². The van der Waals surface area contributed by atoms with E-state index in [1.165, 1.54) is 30.4 Å². The van der Waals surface area contributed by atoms with Crippen molar-refractivity contribution in [3.05, 3.63) is 94.1 Å². The number of halogens is 6. The summed E-state index contributed by atoms with van der Waals surface area (Å²) in [4.78, 5) is 24.5. The van der Waals surface area contributed by atoms with Crippen LogP contribution in [-0.2, 0) is 33.8 Å². The Balaban J connectivity index is 2.05. The number of hydrogen-bond donors (Lipinski definition) is 2. The lowest BCUT2D eigenvalue weighted by molar-refractivity contribution is -0.143. The maximum Gasteiger partial charge on any atom is 0.416 e. The van der Waals surface area contributed by atoms with Crippen LogP contribution in [0.1, 0.15) is 33.4 Å². The maximum absolute atomic E-state index is 13.2. The largest absolute Gasteiger partial charge is 0.416 e. The van der Waals surface area contributed by atoms with Crippen molar-refractivity contribution in [2.45, 2.75) is 31.1 Å². The molecule has 2 atom stereocenters. The molecule has 2 aromatic rings. The summed E-state index contributed by atoms with van der Waals surface area (Å²) in [6.07, 6.45) is -4.14. The van der Waals surface area contributed by atoms with Gasteiger partial charge in [-0.15, -0.1) is 0 Å². The third-order valence-electron chi connectivity index (χ3n) is 5.77. The lowest BCUT2D eigenvalue weighted by Crippen LogP contribution is -2.51. The second kappa shape index (κ2) is 8.66. The molecule has 180 valence electrons. The van der Waals surface area contributed by atoms with E-state index in [1.54, 1.807) is 19.1 Å². The van der Waals surface area contributed by atoms with E-state index in [0.29, 0.717) is 28.8 Å². The van der Waals surface area contributed by atoms with Gasteiger partial charge in [-0.2, -0.15) is 26.3 Å². The summed E-state index contributed by atoms with van der Waals surface area (Å²) in [5.74, 6) is -2.69. The van der Waals surface area contributed by atoms with Gasteiger partial charge in [-0.25, -0.2) is 0 Å². The first-order valence-electron chi connectivity index (χ1n) is 10.00. The second-order valence-electron chi connectivity index (χ2n) is 8.10. The summed E-state index contributed by atoms with van der Waals surface area (Å²) in [5, 5.41) is 0. The minimum atomic E-state index is -4.95. The third-order valence-corrected chi connectivity index (χ3v) is 5.77.